The smallest absolute Gasteiger partial charge is 0.428 e. The molecule has 0 spiro atoms. The molecule has 29 heavy (non-hydrogen) atoms. The number of carbonyl (C=O) groups excluding carboxylic acids is 2. The van der Waals surface area contributed by atoms with E-state index in [0.717, 1.165) is 11.3 Å². The predicted octanol–water partition coefficient (Wildman–Crippen LogP) is 3.05. The Morgan fingerprint density at radius 3 is 2.62 bits per heavy atom. The zero-order valence-electron chi connectivity index (χ0n) is 16.1. The van der Waals surface area contributed by atoms with Crippen molar-refractivity contribution >= 4 is 23.4 Å². The standard InChI is InChI=1S/C20H21N3O6/c1-13(9-19(24)21-15-5-8-17-18(10-15)29-12-28-17)22-23-20(25)27-11-14-3-6-16(26-2)7-4-14/h3-8,10H,9,11-12H2,1-2H3,(H,21,24)(H,23,25)/b22-13+. The number of carbonyl (C=O) groups is 2. The van der Waals surface area contributed by atoms with Crippen molar-refractivity contribution in [3.8, 4) is 17.2 Å². The molecule has 0 saturated carbocycles. The first-order valence-corrected chi connectivity index (χ1v) is 8.82. The van der Waals surface area contributed by atoms with E-state index in [4.69, 9.17) is 18.9 Å². The van der Waals surface area contributed by atoms with Crippen LogP contribution in [-0.2, 0) is 16.1 Å². The molecule has 9 heteroatoms. The summed E-state index contributed by atoms with van der Waals surface area (Å²) in [5.74, 6) is 1.66. The van der Waals surface area contributed by atoms with Crippen LogP contribution in [0.4, 0.5) is 10.5 Å². The van der Waals surface area contributed by atoms with Gasteiger partial charge in [0.25, 0.3) is 0 Å². The fourth-order valence-corrected chi connectivity index (χ4v) is 2.50. The first-order chi connectivity index (χ1) is 14.0. The molecule has 2 aromatic carbocycles. The van der Waals surface area contributed by atoms with Crippen LogP contribution < -0.4 is 25.0 Å². The van der Waals surface area contributed by atoms with Crippen LogP contribution in [0.15, 0.2) is 47.6 Å². The Bertz CT molecular complexity index is 911. The Kier molecular flexibility index (Phi) is 6.51. The molecule has 1 aliphatic rings. The largest absolute Gasteiger partial charge is 0.497 e. The second-order valence-corrected chi connectivity index (χ2v) is 6.18. The highest BCUT2D eigenvalue weighted by atomic mass is 16.7. The van der Waals surface area contributed by atoms with E-state index in [1.54, 1.807) is 56.5 Å². The van der Waals surface area contributed by atoms with Gasteiger partial charge in [0.15, 0.2) is 11.5 Å². The second-order valence-electron chi connectivity index (χ2n) is 6.18. The lowest BCUT2D eigenvalue weighted by Gasteiger charge is -2.07. The number of amides is 2. The number of hydrogen-bond acceptors (Lipinski definition) is 7. The van der Waals surface area contributed by atoms with Crippen LogP contribution >= 0.6 is 0 Å². The third kappa shape index (κ3) is 5.86. The molecular weight excluding hydrogens is 378 g/mol. The maximum atomic E-state index is 12.1. The Morgan fingerprint density at radius 2 is 1.86 bits per heavy atom. The molecule has 0 bridgehead atoms. The minimum absolute atomic E-state index is 0.00714. The van der Waals surface area contributed by atoms with E-state index in [9.17, 15) is 9.59 Å². The molecule has 152 valence electrons. The molecule has 9 nitrogen and oxygen atoms in total. The number of methoxy groups -OCH3 is 1. The topological polar surface area (TPSA) is 107 Å². The number of fused-ring (bicyclic) bond motifs is 1. The second kappa shape index (κ2) is 9.45. The molecular formula is C20H21N3O6. The lowest BCUT2D eigenvalue weighted by Crippen LogP contribution is -2.22. The van der Waals surface area contributed by atoms with Crippen LogP contribution in [0.3, 0.4) is 0 Å². The molecule has 0 fully saturated rings. The molecule has 0 aliphatic carbocycles. The highest BCUT2D eigenvalue weighted by Gasteiger charge is 2.14. The van der Waals surface area contributed by atoms with Gasteiger partial charge in [-0.15, -0.1) is 0 Å². The molecule has 1 heterocycles. The minimum Gasteiger partial charge on any atom is -0.497 e. The third-order valence-corrected chi connectivity index (χ3v) is 3.94. The van der Waals surface area contributed by atoms with E-state index in [0.29, 0.717) is 22.9 Å². The van der Waals surface area contributed by atoms with Gasteiger partial charge in [0, 0.05) is 17.5 Å². The maximum absolute atomic E-state index is 12.1. The predicted molar refractivity (Wildman–Crippen MR) is 105 cm³/mol. The lowest BCUT2D eigenvalue weighted by molar-refractivity contribution is -0.115. The molecule has 0 saturated heterocycles. The normalized spacial score (nSPS) is 12.3. The van der Waals surface area contributed by atoms with Crippen molar-refractivity contribution in [2.45, 2.75) is 20.0 Å². The summed E-state index contributed by atoms with van der Waals surface area (Å²) in [4.78, 5) is 23.9. The molecule has 0 radical (unpaired) electrons. The number of benzene rings is 2. The minimum atomic E-state index is -0.712. The van der Waals surface area contributed by atoms with E-state index >= 15 is 0 Å². The van der Waals surface area contributed by atoms with E-state index in [1.165, 1.54) is 0 Å². The van der Waals surface area contributed by atoms with Crippen molar-refractivity contribution in [3.05, 3.63) is 48.0 Å². The molecule has 2 amide bonds. The molecule has 2 N–H and O–H groups in total. The average Bonchev–Trinajstić information content (AvgIpc) is 3.19. The van der Waals surface area contributed by atoms with Gasteiger partial charge < -0.3 is 24.3 Å². The quantitative estimate of drug-likeness (QED) is 0.547. The highest BCUT2D eigenvalue weighted by Crippen LogP contribution is 2.34. The first kappa shape index (κ1) is 20.0. The van der Waals surface area contributed by atoms with Crippen LogP contribution in [0.5, 0.6) is 17.2 Å². The van der Waals surface area contributed by atoms with Gasteiger partial charge in [0.2, 0.25) is 12.7 Å². The fraction of sp³-hybridized carbons (Fsp3) is 0.250. The van der Waals surface area contributed by atoms with Gasteiger partial charge in [0.05, 0.1) is 13.5 Å². The van der Waals surface area contributed by atoms with Gasteiger partial charge in [0.1, 0.15) is 12.4 Å². The number of anilines is 1. The summed E-state index contributed by atoms with van der Waals surface area (Å²) in [6.07, 6.45) is -0.705. The van der Waals surface area contributed by atoms with Crippen molar-refractivity contribution in [1.82, 2.24) is 5.43 Å². The van der Waals surface area contributed by atoms with Crippen molar-refractivity contribution in [2.24, 2.45) is 5.10 Å². The zero-order valence-corrected chi connectivity index (χ0v) is 16.1. The third-order valence-electron chi connectivity index (χ3n) is 3.94. The van der Waals surface area contributed by atoms with Gasteiger partial charge in [-0.2, -0.15) is 5.10 Å². The van der Waals surface area contributed by atoms with Gasteiger partial charge >= 0.3 is 6.09 Å². The van der Waals surface area contributed by atoms with Gasteiger partial charge in [-0.25, -0.2) is 10.2 Å². The highest BCUT2D eigenvalue weighted by molar-refractivity contribution is 6.05. The van der Waals surface area contributed by atoms with Crippen molar-refractivity contribution in [1.29, 1.82) is 0 Å². The van der Waals surface area contributed by atoms with Gasteiger partial charge in [-0.05, 0) is 36.8 Å². The number of nitrogens with zero attached hydrogens (tertiary/aromatic N) is 1. The number of nitrogens with one attached hydrogen (secondary N) is 2. The van der Waals surface area contributed by atoms with Crippen LogP contribution in [0.1, 0.15) is 18.9 Å². The first-order valence-electron chi connectivity index (χ1n) is 8.82. The molecule has 1 aliphatic heterocycles. The van der Waals surface area contributed by atoms with Crippen LogP contribution in [-0.4, -0.2) is 31.6 Å². The maximum Gasteiger partial charge on any atom is 0.428 e. The van der Waals surface area contributed by atoms with E-state index < -0.39 is 6.09 Å². The summed E-state index contributed by atoms with van der Waals surface area (Å²) in [6, 6.07) is 12.3. The van der Waals surface area contributed by atoms with Crippen LogP contribution in [0.25, 0.3) is 0 Å². The summed E-state index contributed by atoms with van der Waals surface area (Å²) in [6.45, 7) is 1.89. The van der Waals surface area contributed by atoms with E-state index in [1.807, 2.05) is 0 Å². The number of ether oxygens (including phenoxy) is 4. The van der Waals surface area contributed by atoms with Gasteiger partial charge in [-0.1, -0.05) is 12.1 Å². The number of rotatable bonds is 7. The van der Waals surface area contributed by atoms with Crippen molar-refractivity contribution in [2.75, 3.05) is 19.2 Å². The Balaban J connectivity index is 1.41. The number of hydrazone groups is 1. The number of hydrogen-bond donors (Lipinski definition) is 2. The monoisotopic (exact) mass is 399 g/mol. The summed E-state index contributed by atoms with van der Waals surface area (Å²) >= 11 is 0. The Hall–Kier alpha value is -3.75. The molecule has 0 atom stereocenters. The summed E-state index contributed by atoms with van der Waals surface area (Å²) in [7, 11) is 1.58. The molecule has 0 aromatic heterocycles. The van der Waals surface area contributed by atoms with Crippen molar-refractivity contribution < 1.29 is 28.5 Å². The zero-order chi connectivity index (χ0) is 20.6. The van der Waals surface area contributed by atoms with E-state index in [-0.39, 0.29) is 25.7 Å². The molecule has 2 aromatic rings. The molecule has 0 unspecified atom stereocenters. The summed E-state index contributed by atoms with van der Waals surface area (Å²) in [5.41, 5.74) is 4.08. The SMILES string of the molecule is COc1ccc(COC(=O)N/N=C(\C)CC(=O)Nc2ccc3c(c2)OCO3)cc1. The lowest BCUT2D eigenvalue weighted by atomic mass is 10.2. The van der Waals surface area contributed by atoms with Crippen LogP contribution in [0, 0.1) is 0 Å². The van der Waals surface area contributed by atoms with Gasteiger partial charge in [-0.3, -0.25) is 4.79 Å². The average molecular weight is 399 g/mol. The fourth-order valence-electron chi connectivity index (χ4n) is 2.50. The van der Waals surface area contributed by atoms with Crippen LogP contribution in [0.2, 0.25) is 0 Å². The molecule has 3 rings (SSSR count). The Morgan fingerprint density at radius 1 is 1.10 bits per heavy atom. The Labute approximate surface area is 167 Å². The summed E-state index contributed by atoms with van der Waals surface area (Å²) in [5, 5.41) is 6.61. The van der Waals surface area contributed by atoms with E-state index in [2.05, 4.69) is 15.8 Å². The summed E-state index contributed by atoms with van der Waals surface area (Å²) < 4.78 is 20.6. The van der Waals surface area contributed by atoms with Crippen molar-refractivity contribution in [3.63, 3.8) is 0 Å².